The Balaban J connectivity index is 1.84. The molecule has 1 aromatic carbocycles. The van der Waals surface area contributed by atoms with Crippen molar-refractivity contribution in [2.75, 3.05) is 26.6 Å². The van der Waals surface area contributed by atoms with Crippen LogP contribution in [0.15, 0.2) is 17.0 Å². The van der Waals surface area contributed by atoms with Gasteiger partial charge in [-0.2, -0.15) is 0 Å². The first kappa shape index (κ1) is 23.4. The summed E-state index contributed by atoms with van der Waals surface area (Å²) in [6.07, 6.45) is 5.42. The number of ether oxygens (including phenoxy) is 3. The Kier molecular flexibility index (Phi) is 5.59. The summed E-state index contributed by atoms with van der Waals surface area (Å²) in [6, 6.07) is 3.28. The van der Waals surface area contributed by atoms with Crippen LogP contribution >= 0.6 is 0 Å². The van der Waals surface area contributed by atoms with Crippen molar-refractivity contribution in [3.63, 3.8) is 0 Å². The molecule has 4 atom stereocenters. The average Bonchev–Trinajstić information content (AvgIpc) is 2.72. The lowest BCUT2D eigenvalue weighted by Crippen LogP contribution is -2.59. The number of fused-ring (bicyclic) bond motifs is 5. The summed E-state index contributed by atoms with van der Waals surface area (Å²) < 4.78 is 43.2. The maximum Gasteiger partial charge on any atom is 0.343 e. The van der Waals surface area contributed by atoms with Crippen molar-refractivity contribution in [1.82, 2.24) is 0 Å². The molecule has 1 heterocycles. The highest BCUT2D eigenvalue weighted by molar-refractivity contribution is 7.91. The minimum Gasteiger partial charge on any atom is -0.496 e. The van der Waals surface area contributed by atoms with Gasteiger partial charge in [-0.15, -0.1) is 0 Å². The van der Waals surface area contributed by atoms with Crippen LogP contribution in [0, 0.1) is 22.7 Å². The van der Waals surface area contributed by atoms with E-state index in [4.69, 9.17) is 9.47 Å². The Morgan fingerprint density at radius 1 is 1.06 bits per heavy atom. The molecule has 32 heavy (non-hydrogen) atoms. The average molecular weight is 465 g/mol. The van der Waals surface area contributed by atoms with Crippen LogP contribution in [0.1, 0.15) is 65.4 Å². The SMILES string of the molecule is COC(=O)COc1cc(OC)c2c(c1)S(=O)(=O)C[C@@H]1[C@@]3(C)CCCC(C)(C)[C@@H]3CC[C@@]21C. The maximum atomic E-state index is 13.7. The molecule has 0 unspecified atom stereocenters. The minimum atomic E-state index is -3.55. The number of methoxy groups -OCH3 is 2. The van der Waals surface area contributed by atoms with E-state index < -0.39 is 15.8 Å². The van der Waals surface area contributed by atoms with Gasteiger partial charge in [0.25, 0.3) is 0 Å². The van der Waals surface area contributed by atoms with Crippen molar-refractivity contribution in [3.8, 4) is 11.5 Å². The molecule has 0 amide bonds. The number of rotatable bonds is 4. The molecule has 2 aliphatic carbocycles. The molecule has 0 bridgehead atoms. The smallest absolute Gasteiger partial charge is 0.343 e. The van der Waals surface area contributed by atoms with Gasteiger partial charge in [-0.25, -0.2) is 13.2 Å². The topological polar surface area (TPSA) is 78.9 Å². The van der Waals surface area contributed by atoms with Crippen LogP contribution in [-0.2, 0) is 24.8 Å². The third-order valence-corrected chi connectivity index (χ3v) is 10.7. The highest BCUT2D eigenvalue weighted by atomic mass is 32.2. The van der Waals surface area contributed by atoms with Gasteiger partial charge < -0.3 is 14.2 Å². The zero-order valence-corrected chi connectivity index (χ0v) is 20.9. The number of benzene rings is 1. The predicted octanol–water partition coefficient (Wildman–Crippen LogP) is 4.53. The standard InChI is InChI=1S/C25H36O6S/c1-23(2)9-7-10-24(3)19(23)8-11-25(4)20(24)15-32(27,28)18-13-16(31-14-21(26)30-6)12-17(29-5)22(18)25/h12-13,19-20H,7-11,14-15H2,1-6H3/t19-,20+,24-,25+/m0/s1. The summed E-state index contributed by atoms with van der Waals surface area (Å²) in [5, 5.41) is 0. The third kappa shape index (κ3) is 3.42. The number of hydrogen-bond acceptors (Lipinski definition) is 6. The summed E-state index contributed by atoms with van der Waals surface area (Å²) in [5.74, 6) is 0.977. The first-order valence-corrected chi connectivity index (χ1v) is 13.2. The van der Waals surface area contributed by atoms with Crippen LogP contribution in [0.2, 0.25) is 0 Å². The van der Waals surface area contributed by atoms with E-state index in [1.165, 1.54) is 13.5 Å². The maximum absolute atomic E-state index is 13.7. The van der Waals surface area contributed by atoms with Gasteiger partial charge in [0.2, 0.25) is 0 Å². The second kappa shape index (κ2) is 7.64. The molecule has 178 valence electrons. The Labute approximate surface area is 191 Å². The van der Waals surface area contributed by atoms with Crippen LogP contribution in [0.3, 0.4) is 0 Å². The number of carbonyl (C=O) groups excluding carboxylic acids is 1. The van der Waals surface area contributed by atoms with Gasteiger partial charge in [0.05, 0.1) is 24.9 Å². The fourth-order valence-electron chi connectivity index (χ4n) is 7.45. The summed E-state index contributed by atoms with van der Waals surface area (Å²) in [5.41, 5.74) is 0.661. The molecular formula is C25H36O6S. The molecule has 0 aromatic heterocycles. The fourth-order valence-corrected chi connectivity index (χ4v) is 9.76. The molecule has 1 aliphatic heterocycles. The van der Waals surface area contributed by atoms with E-state index in [2.05, 4.69) is 32.4 Å². The van der Waals surface area contributed by atoms with Gasteiger partial charge in [0.1, 0.15) is 11.5 Å². The van der Waals surface area contributed by atoms with Crippen molar-refractivity contribution in [2.24, 2.45) is 22.7 Å². The molecule has 7 heteroatoms. The highest BCUT2D eigenvalue weighted by Crippen LogP contribution is 2.67. The van der Waals surface area contributed by atoms with E-state index >= 15 is 0 Å². The zero-order chi connectivity index (χ0) is 23.5. The van der Waals surface area contributed by atoms with Gasteiger partial charge >= 0.3 is 5.97 Å². The van der Waals surface area contributed by atoms with Gasteiger partial charge in [-0.1, -0.05) is 34.1 Å². The Morgan fingerprint density at radius 3 is 2.44 bits per heavy atom. The molecule has 0 N–H and O–H groups in total. The van der Waals surface area contributed by atoms with Gasteiger partial charge in [-0.3, -0.25) is 0 Å². The number of esters is 1. The van der Waals surface area contributed by atoms with E-state index in [0.29, 0.717) is 17.4 Å². The molecule has 2 fully saturated rings. The number of sulfone groups is 1. The van der Waals surface area contributed by atoms with Crippen LogP contribution in [-0.4, -0.2) is 41.0 Å². The van der Waals surface area contributed by atoms with Gasteiger partial charge in [0.15, 0.2) is 16.4 Å². The Morgan fingerprint density at radius 2 is 1.78 bits per heavy atom. The molecule has 1 aromatic rings. The van der Waals surface area contributed by atoms with Gasteiger partial charge in [-0.05, 0) is 54.4 Å². The third-order valence-electron chi connectivity index (χ3n) is 8.93. The lowest BCUT2D eigenvalue weighted by molar-refractivity contribution is -0.142. The zero-order valence-electron chi connectivity index (χ0n) is 20.1. The number of hydrogen-bond donors (Lipinski definition) is 0. The van der Waals surface area contributed by atoms with Crippen molar-refractivity contribution in [3.05, 3.63) is 17.7 Å². The van der Waals surface area contributed by atoms with Gasteiger partial charge in [0, 0.05) is 17.0 Å². The molecular weight excluding hydrogens is 428 g/mol. The van der Waals surface area contributed by atoms with Crippen LogP contribution in [0.4, 0.5) is 0 Å². The van der Waals surface area contributed by atoms with E-state index in [1.54, 1.807) is 19.2 Å². The van der Waals surface area contributed by atoms with Crippen LogP contribution in [0.5, 0.6) is 11.5 Å². The second-order valence-electron chi connectivity index (χ2n) is 11.1. The summed E-state index contributed by atoms with van der Waals surface area (Å²) in [4.78, 5) is 11.8. The summed E-state index contributed by atoms with van der Waals surface area (Å²) in [6.45, 7) is 8.99. The summed E-state index contributed by atoms with van der Waals surface area (Å²) >= 11 is 0. The predicted molar refractivity (Wildman–Crippen MR) is 122 cm³/mol. The van der Waals surface area contributed by atoms with E-state index in [-0.39, 0.29) is 39.4 Å². The summed E-state index contributed by atoms with van der Waals surface area (Å²) in [7, 11) is -0.700. The van der Waals surface area contributed by atoms with Crippen LogP contribution < -0.4 is 9.47 Å². The molecule has 3 aliphatic rings. The largest absolute Gasteiger partial charge is 0.496 e. The van der Waals surface area contributed by atoms with E-state index in [1.807, 2.05) is 0 Å². The van der Waals surface area contributed by atoms with E-state index in [0.717, 1.165) is 31.2 Å². The molecule has 2 saturated carbocycles. The second-order valence-corrected chi connectivity index (χ2v) is 13.1. The van der Waals surface area contributed by atoms with Crippen molar-refractivity contribution >= 4 is 15.8 Å². The van der Waals surface area contributed by atoms with Crippen molar-refractivity contribution in [2.45, 2.75) is 70.1 Å². The van der Waals surface area contributed by atoms with Crippen molar-refractivity contribution < 1.29 is 27.4 Å². The molecule has 0 spiro atoms. The lowest BCUT2D eigenvalue weighted by atomic mass is 9.43. The van der Waals surface area contributed by atoms with Crippen LogP contribution in [0.25, 0.3) is 0 Å². The fraction of sp³-hybridized carbons (Fsp3) is 0.720. The molecule has 6 nitrogen and oxygen atoms in total. The highest BCUT2D eigenvalue weighted by Gasteiger charge is 2.62. The minimum absolute atomic E-state index is 0.0292. The van der Waals surface area contributed by atoms with E-state index in [9.17, 15) is 13.2 Å². The number of carbonyl (C=O) groups is 1. The molecule has 4 rings (SSSR count). The first-order valence-electron chi connectivity index (χ1n) is 11.5. The Bertz CT molecular complexity index is 1030. The first-order chi connectivity index (χ1) is 14.9. The van der Waals surface area contributed by atoms with Crippen molar-refractivity contribution in [1.29, 1.82) is 0 Å². The normalized spacial score (nSPS) is 34.4. The molecule has 0 saturated heterocycles. The lowest BCUT2D eigenvalue weighted by Gasteiger charge is -2.63. The quantitative estimate of drug-likeness (QED) is 0.609. The Hall–Kier alpha value is -1.76. The molecule has 0 radical (unpaired) electrons. The monoisotopic (exact) mass is 464 g/mol.